The number of alkyl carbamates (subject to hydrolysis) is 1. The van der Waals surface area contributed by atoms with Crippen LogP contribution in [0.3, 0.4) is 0 Å². The van der Waals surface area contributed by atoms with E-state index in [0.29, 0.717) is 28.6 Å². The van der Waals surface area contributed by atoms with Gasteiger partial charge in [0.05, 0.1) is 18.4 Å². The van der Waals surface area contributed by atoms with Gasteiger partial charge in [-0.1, -0.05) is 6.07 Å². The second-order valence-electron chi connectivity index (χ2n) is 7.65. The van der Waals surface area contributed by atoms with Gasteiger partial charge in [0.1, 0.15) is 10.6 Å². The summed E-state index contributed by atoms with van der Waals surface area (Å²) < 4.78 is 10.1. The molecular formula is C21H28N4O4S. The molecule has 1 aromatic heterocycles. The fraction of sp³-hybridized carbons (Fsp3) is 0.429. The van der Waals surface area contributed by atoms with Crippen molar-refractivity contribution in [2.75, 3.05) is 25.1 Å². The number of nitrogen functional groups attached to an aromatic ring is 1. The zero-order valence-electron chi connectivity index (χ0n) is 18.2. The molecule has 1 heterocycles. The summed E-state index contributed by atoms with van der Waals surface area (Å²) in [6.07, 6.45) is -0.461. The highest BCUT2D eigenvalue weighted by Crippen LogP contribution is 2.31. The van der Waals surface area contributed by atoms with Crippen molar-refractivity contribution in [3.63, 3.8) is 0 Å². The van der Waals surface area contributed by atoms with Gasteiger partial charge < -0.3 is 20.5 Å². The number of carbonyl (C=O) groups excluding carboxylic acids is 2. The van der Waals surface area contributed by atoms with Crippen LogP contribution in [-0.2, 0) is 9.47 Å². The maximum atomic E-state index is 12.1. The van der Waals surface area contributed by atoms with E-state index in [4.69, 9.17) is 15.2 Å². The number of carbonyl (C=O) groups is 2. The van der Waals surface area contributed by atoms with Gasteiger partial charge in [-0.3, -0.25) is 0 Å². The van der Waals surface area contributed by atoms with E-state index in [9.17, 15) is 9.59 Å². The van der Waals surface area contributed by atoms with Crippen LogP contribution in [-0.4, -0.2) is 47.0 Å². The third-order valence-electron chi connectivity index (χ3n) is 4.07. The summed E-state index contributed by atoms with van der Waals surface area (Å²) >= 11 is 1.44. The van der Waals surface area contributed by atoms with Gasteiger partial charge in [-0.2, -0.15) is 0 Å². The molecule has 1 aromatic carbocycles. The SMILES string of the molecule is COC(=O)c1ccc(C)c(-c2cc(SCCNC(=O)OC(C)(C)C)nc(N)n2)c1C. The summed E-state index contributed by atoms with van der Waals surface area (Å²) in [6.45, 7) is 9.64. The van der Waals surface area contributed by atoms with Gasteiger partial charge in [0.2, 0.25) is 5.95 Å². The lowest BCUT2D eigenvalue weighted by Crippen LogP contribution is -2.33. The number of rotatable bonds is 6. The number of aromatic nitrogens is 2. The minimum Gasteiger partial charge on any atom is -0.465 e. The largest absolute Gasteiger partial charge is 0.465 e. The molecule has 0 aliphatic carbocycles. The van der Waals surface area contributed by atoms with Gasteiger partial charge in [0.15, 0.2) is 0 Å². The van der Waals surface area contributed by atoms with Crippen molar-refractivity contribution in [1.29, 1.82) is 0 Å². The molecule has 0 saturated heterocycles. The number of hydrogen-bond donors (Lipinski definition) is 2. The molecule has 0 saturated carbocycles. The van der Waals surface area contributed by atoms with Crippen LogP contribution in [0.1, 0.15) is 42.3 Å². The number of nitrogens with one attached hydrogen (secondary N) is 1. The number of anilines is 1. The highest BCUT2D eigenvalue weighted by atomic mass is 32.2. The third-order valence-corrected chi connectivity index (χ3v) is 4.99. The maximum absolute atomic E-state index is 12.1. The molecule has 0 bridgehead atoms. The summed E-state index contributed by atoms with van der Waals surface area (Å²) in [4.78, 5) is 32.4. The smallest absolute Gasteiger partial charge is 0.407 e. The van der Waals surface area contributed by atoms with Gasteiger partial charge in [-0.15, -0.1) is 11.8 Å². The van der Waals surface area contributed by atoms with E-state index in [0.717, 1.165) is 16.7 Å². The minimum absolute atomic E-state index is 0.136. The lowest BCUT2D eigenvalue weighted by molar-refractivity contribution is 0.0530. The Bertz CT molecular complexity index is 941. The Morgan fingerprint density at radius 2 is 1.90 bits per heavy atom. The molecule has 9 heteroatoms. The fourth-order valence-corrected chi connectivity index (χ4v) is 3.61. The lowest BCUT2D eigenvalue weighted by Gasteiger charge is -2.19. The number of ether oxygens (including phenoxy) is 2. The Kier molecular flexibility index (Phi) is 7.66. The minimum atomic E-state index is -0.540. The Morgan fingerprint density at radius 1 is 1.20 bits per heavy atom. The van der Waals surface area contributed by atoms with Crippen LogP contribution in [0.2, 0.25) is 0 Å². The molecule has 30 heavy (non-hydrogen) atoms. The molecular weight excluding hydrogens is 404 g/mol. The first-order valence-corrected chi connectivity index (χ1v) is 10.4. The van der Waals surface area contributed by atoms with E-state index in [1.165, 1.54) is 18.9 Å². The van der Waals surface area contributed by atoms with Gasteiger partial charge >= 0.3 is 12.1 Å². The van der Waals surface area contributed by atoms with Crippen LogP contribution in [0.5, 0.6) is 0 Å². The van der Waals surface area contributed by atoms with E-state index in [-0.39, 0.29) is 5.95 Å². The van der Waals surface area contributed by atoms with Crippen LogP contribution < -0.4 is 11.1 Å². The molecule has 2 aromatic rings. The highest BCUT2D eigenvalue weighted by molar-refractivity contribution is 7.99. The molecule has 3 N–H and O–H groups in total. The molecule has 162 valence electrons. The van der Waals surface area contributed by atoms with Crippen molar-refractivity contribution in [1.82, 2.24) is 15.3 Å². The van der Waals surface area contributed by atoms with Crippen molar-refractivity contribution < 1.29 is 19.1 Å². The molecule has 0 aliphatic heterocycles. The number of nitrogens with two attached hydrogens (primary N) is 1. The number of methoxy groups -OCH3 is 1. The van der Waals surface area contributed by atoms with E-state index in [1.807, 2.05) is 46.8 Å². The van der Waals surface area contributed by atoms with E-state index in [1.54, 1.807) is 6.07 Å². The molecule has 0 unspecified atom stereocenters. The van der Waals surface area contributed by atoms with Gasteiger partial charge in [-0.05, 0) is 57.9 Å². The molecule has 2 rings (SSSR count). The third kappa shape index (κ3) is 6.35. The van der Waals surface area contributed by atoms with Crippen molar-refractivity contribution >= 4 is 29.8 Å². The van der Waals surface area contributed by atoms with E-state index in [2.05, 4.69) is 15.3 Å². The van der Waals surface area contributed by atoms with Gasteiger partial charge in [-0.25, -0.2) is 19.6 Å². The molecule has 8 nitrogen and oxygen atoms in total. The summed E-state index contributed by atoms with van der Waals surface area (Å²) in [5.41, 5.74) is 9.04. The Morgan fingerprint density at radius 3 is 2.53 bits per heavy atom. The lowest BCUT2D eigenvalue weighted by atomic mass is 9.95. The first-order valence-electron chi connectivity index (χ1n) is 9.45. The van der Waals surface area contributed by atoms with Crippen molar-refractivity contribution in [2.45, 2.75) is 45.2 Å². The van der Waals surface area contributed by atoms with Crippen LogP contribution >= 0.6 is 11.8 Å². The summed E-state index contributed by atoms with van der Waals surface area (Å²) in [5, 5.41) is 3.38. The summed E-state index contributed by atoms with van der Waals surface area (Å²) in [7, 11) is 1.35. The van der Waals surface area contributed by atoms with Gasteiger partial charge in [0, 0.05) is 17.9 Å². The van der Waals surface area contributed by atoms with Crippen molar-refractivity contribution in [3.8, 4) is 11.3 Å². The molecule has 0 aliphatic rings. The second-order valence-corrected chi connectivity index (χ2v) is 8.76. The van der Waals surface area contributed by atoms with Gasteiger partial charge in [0.25, 0.3) is 0 Å². The molecule has 0 radical (unpaired) electrons. The number of benzene rings is 1. The van der Waals surface area contributed by atoms with Crippen LogP contribution in [0, 0.1) is 13.8 Å². The normalized spacial score (nSPS) is 11.1. The Balaban J connectivity index is 2.17. The fourth-order valence-electron chi connectivity index (χ4n) is 2.84. The van der Waals surface area contributed by atoms with E-state index < -0.39 is 17.7 Å². The predicted molar refractivity (Wildman–Crippen MR) is 118 cm³/mol. The number of amides is 1. The van der Waals surface area contributed by atoms with Crippen LogP contribution in [0.4, 0.5) is 10.7 Å². The zero-order valence-corrected chi connectivity index (χ0v) is 19.0. The van der Waals surface area contributed by atoms with Crippen LogP contribution in [0.25, 0.3) is 11.3 Å². The second kappa shape index (κ2) is 9.80. The number of esters is 1. The number of nitrogens with zero attached hydrogens (tertiary/aromatic N) is 2. The number of thioether (sulfide) groups is 1. The summed E-state index contributed by atoms with van der Waals surface area (Å²) in [6, 6.07) is 5.41. The molecule has 1 amide bonds. The average molecular weight is 433 g/mol. The first-order chi connectivity index (χ1) is 14.0. The Hall–Kier alpha value is -2.81. The van der Waals surface area contributed by atoms with Crippen molar-refractivity contribution in [2.24, 2.45) is 0 Å². The molecule has 0 spiro atoms. The quantitative estimate of drug-likeness (QED) is 0.307. The zero-order chi connectivity index (χ0) is 22.5. The monoisotopic (exact) mass is 432 g/mol. The van der Waals surface area contributed by atoms with E-state index >= 15 is 0 Å². The number of hydrogen-bond acceptors (Lipinski definition) is 8. The highest BCUT2D eigenvalue weighted by Gasteiger charge is 2.18. The first kappa shape index (κ1) is 23.5. The topological polar surface area (TPSA) is 116 Å². The number of aryl methyl sites for hydroxylation is 1. The summed E-state index contributed by atoms with van der Waals surface area (Å²) in [5.74, 6) is 0.311. The molecule has 0 atom stereocenters. The van der Waals surface area contributed by atoms with Crippen molar-refractivity contribution in [3.05, 3.63) is 34.9 Å². The molecule has 0 fully saturated rings. The average Bonchev–Trinajstić information content (AvgIpc) is 2.63. The Labute approximate surface area is 181 Å². The maximum Gasteiger partial charge on any atom is 0.407 e. The van der Waals surface area contributed by atoms with Crippen LogP contribution in [0.15, 0.2) is 23.2 Å². The standard InChI is InChI=1S/C21H28N4O4S/c1-12-7-8-14(18(26)28-6)13(2)17(12)15-11-16(25-19(22)24-15)30-10-9-23-20(27)29-21(3,4)5/h7-8,11H,9-10H2,1-6H3,(H,23,27)(H2,22,24,25). The predicted octanol–water partition coefficient (Wildman–Crippen LogP) is 3.75.